The minimum absolute atomic E-state index is 0.275. The van der Waals surface area contributed by atoms with E-state index in [1.165, 1.54) is 12.1 Å². The Balaban J connectivity index is 1.64. The zero-order valence-electron chi connectivity index (χ0n) is 24.0. The van der Waals surface area contributed by atoms with Crippen LogP contribution in [-0.4, -0.2) is 28.0 Å². The molecule has 0 spiro atoms. The fourth-order valence-corrected chi connectivity index (χ4v) is 5.32. The van der Waals surface area contributed by atoms with Gasteiger partial charge in [0.2, 0.25) is 0 Å². The largest absolute Gasteiger partial charge is 0.476 e. The Labute approximate surface area is 242 Å². The number of halogens is 3. The Bertz CT molecular complexity index is 1470. The summed E-state index contributed by atoms with van der Waals surface area (Å²) in [6, 6.07) is 13.1. The third kappa shape index (κ3) is 7.11. The number of alkyl halides is 3. The van der Waals surface area contributed by atoms with E-state index in [1.54, 1.807) is 36.8 Å². The molecule has 10 heteroatoms. The van der Waals surface area contributed by atoms with Crippen molar-refractivity contribution in [2.75, 3.05) is 11.5 Å². The number of benzene rings is 2. The van der Waals surface area contributed by atoms with Crippen LogP contribution < -0.4 is 9.64 Å². The van der Waals surface area contributed by atoms with Crippen molar-refractivity contribution in [2.24, 2.45) is 7.05 Å². The first kappa shape index (κ1) is 30.2. The standard InChI is InChI=1S/C31H34F3N3O3S/c1-7-39-29(38)30(4,5)40-28-20(2)14-23(15-21(28)3)18-37(17-22-12-13-41-19-22)27-16-26(35-36(27)6)24-8-10-25(11-9-24)31(32,33)34/h8-16,19H,7,17-18H2,1-6H3. The summed E-state index contributed by atoms with van der Waals surface area (Å²) in [5.41, 5.74) is 3.32. The summed E-state index contributed by atoms with van der Waals surface area (Å²) in [7, 11) is 1.83. The Kier molecular flexibility index (Phi) is 8.82. The monoisotopic (exact) mass is 585 g/mol. The van der Waals surface area contributed by atoms with Crippen molar-refractivity contribution in [1.29, 1.82) is 0 Å². The molecule has 6 nitrogen and oxygen atoms in total. The normalized spacial score (nSPS) is 11.9. The average molecular weight is 586 g/mol. The third-order valence-corrected chi connectivity index (χ3v) is 7.39. The Morgan fingerprint density at radius 3 is 2.20 bits per heavy atom. The molecule has 0 radical (unpaired) electrons. The van der Waals surface area contributed by atoms with E-state index in [4.69, 9.17) is 9.47 Å². The highest BCUT2D eigenvalue weighted by atomic mass is 32.1. The van der Waals surface area contributed by atoms with Gasteiger partial charge in [-0.25, -0.2) is 4.79 Å². The molecule has 0 amide bonds. The van der Waals surface area contributed by atoms with Gasteiger partial charge < -0.3 is 14.4 Å². The number of aryl methyl sites for hydroxylation is 3. The number of rotatable bonds is 10. The molecule has 0 unspecified atom stereocenters. The lowest BCUT2D eigenvalue weighted by molar-refractivity contribution is -0.158. The molecule has 0 bridgehead atoms. The van der Waals surface area contributed by atoms with E-state index in [9.17, 15) is 18.0 Å². The van der Waals surface area contributed by atoms with Gasteiger partial charge in [-0.3, -0.25) is 4.68 Å². The lowest BCUT2D eigenvalue weighted by atomic mass is 10.0. The van der Waals surface area contributed by atoms with Gasteiger partial charge in [-0.1, -0.05) is 24.3 Å². The van der Waals surface area contributed by atoms with Crippen LogP contribution in [0.1, 0.15) is 48.6 Å². The third-order valence-electron chi connectivity index (χ3n) is 6.66. The number of anilines is 1. The molecule has 2 aromatic carbocycles. The van der Waals surface area contributed by atoms with E-state index in [0.717, 1.165) is 40.2 Å². The number of ether oxygens (including phenoxy) is 2. The first-order valence-corrected chi connectivity index (χ1v) is 14.2. The second-order valence-electron chi connectivity index (χ2n) is 10.5. The van der Waals surface area contributed by atoms with Crippen molar-refractivity contribution >= 4 is 23.1 Å². The van der Waals surface area contributed by atoms with Gasteiger partial charge in [0.1, 0.15) is 11.6 Å². The van der Waals surface area contributed by atoms with Crippen LogP contribution in [0.3, 0.4) is 0 Å². The topological polar surface area (TPSA) is 56.6 Å². The van der Waals surface area contributed by atoms with E-state index in [1.807, 2.05) is 44.5 Å². The Morgan fingerprint density at radius 1 is 1.00 bits per heavy atom. The van der Waals surface area contributed by atoms with Crippen LogP contribution in [0.5, 0.6) is 5.75 Å². The predicted molar refractivity (Wildman–Crippen MR) is 155 cm³/mol. The predicted octanol–water partition coefficient (Wildman–Crippen LogP) is 7.71. The van der Waals surface area contributed by atoms with Gasteiger partial charge in [0, 0.05) is 31.8 Å². The van der Waals surface area contributed by atoms with E-state index in [0.29, 0.717) is 30.1 Å². The van der Waals surface area contributed by atoms with Crippen LogP contribution >= 0.6 is 11.3 Å². The molecule has 0 aliphatic heterocycles. The van der Waals surface area contributed by atoms with Gasteiger partial charge in [0.15, 0.2) is 5.60 Å². The molecule has 0 aliphatic carbocycles. The molecule has 0 saturated heterocycles. The number of hydrogen-bond donors (Lipinski definition) is 0. The van der Waals surface area contributed by atoms with Gasteiger partial charge in [-0.05, 0) is 85.8 Å². The van der Waals surface area contributed by atoms with Crippen molar-refractivity contribution in [3.63, 3.8) is 0 Å². The van der Waals surface area contributed by atoms with E-state index in [2.05, 4.69) is 21.4 Å². The molecule has 0 atom stereocenters. The van der Waals surface area contributed by atoms with Crippen molar-refractivity contribution in [1.82, 2.24) is 9.78 Å². The molecule has 4 rings (SSSR count). The van der Waals surface area contributed by atoms with Crippen LogP contribution in [0, 0.1) is 13.8 Å². The van der Waals surface area contributed by atoms with Crippen molar-refractivity contribution in [2.45, 2.75) is 59.5 Å². The molecule has 2 aromatic heterocycles. The highest BCUT2D eigenvalue weighted by Gasteiger charge is 2.33. The Morgan fingerprint density at radius 2 is 1.63 bits per heavy atom. The summed E-state index contributed by atoms with van der Waals surface area (Å²) in [6.45, 7) is 10.5. The van der Waals surface area contributed by atoms with Crippen LogP contribution in [0.25, 0.3) is 11.3 Å². The first-order chi connectivity index (χ1) is 19.3. The van der Waals surface area contributed by atoms with Gasteiger partial charge in [-0.2, -0.15) is 29.6 Å². The molecule has 218 valence electrons. The second-order valence-corrected chi connectivity index (χ2v) is 11.2. The van der Waals surface area contributed by atoms with Crippen molar-refractivity contribution < 1.29 is 27.4 Å². The SMILES string of the molecule is CCOC(=O)C(C)(C)Oc1c(C)cc(CN(Cc2ccsc2)c2cc(-c3ccc(C(F)(F)F)cc3)nn2C)cc1C. The summed E-state index contributed by atoms with van der Waals surface area (Å²) in [6.07, 6.45) is -4.39. The van der Waals surface area contributed by atoms with Crippen LogP contribution in [0.2, 0.25) is 0 Å². The minimum Gasteiger partial charge on any atom is -0.476 e. The fraction of sp³-hybridized carbons (Fsp3) is 0.355. The first-order valence-electron chi connectivity index (χ1n) is 13.2. The maximum atomic E-state index is 13.1. The fourth-order valence-electron chi connectivity index (χ4n) is 4.66. The molecule has 41 heavy (non-hydrogen) atoms. The summed E-state index contributed by atoms with van der Waals surface area (Å²) in [5, 5.41) is 8.73. The molecule has 0 saturated carbocycles. The van der Waals surface area contributed by atoms with Crippen LogP contribution in [-0.2, 0) is 35.8 Å². The van der Waals surface area contributed by atoms with Crippen molar-refractivity contribution in [3.8, 4) is 17.0 Å². The molecule has 0 N–H and O–H groups in total. The summed E-state index contributed by atoms with van der Waals surface area (Å²) in [5.74, 6) is 1.04. The van der Waals surface area contributed by atoms with Gasteiger partial charge in [0.05, 0.1) is 17.9 Å². The summed E-state index contributed by atoms with van der Waals surface area (Å²) in [4.78, 5) is 14.6. The number of carbonyl (C=O) groups excluding carboxylic acids is 1. The second kappa shape index (κ2) is 12.0. The molecular formula is C31H34F3N3O3S. The highest BCUT2D eigenvalue weighted by molar-refractivity contribution is 7.07. The van der Waals surface area contributed by atoms with Crippen molar-refractivity contribution in [3.05, 3.63) is 87.1 Å². The lowest BCUT2D eigenvalue weighted by Crippen LogP contribution is -2.40. The van der Waals surface area contributed by atoms with E-state index >= 15 is 0 Å². The Hall–Kier alpha value is -3.79. The number of thiophene rings is 1. The zero-order valence-corrected chi connectivity index (χ0v) is 24.8. The maximum Gasteiger partial charge on any atom is 0.416 e. The number of nitrogens with zero attached hydrogens (tertiary/aromatic N) is 3. The number of hydrogen-bond acceptors (Lipinski definition) is 6. The summed E-state index contributed by atoms with van der Waals surface area (Å²) >= 11 is 1.62. The van der Waals surface area contributed by atoms with E-state index in [-0.39, 0.29) is 6.61 Å². The zero-order chi connectivity index (χ0) is 29.9. The van der Waals surface area contributed by atoms with Gasteiger partial charge >= 0.3 is 12.1 Å². The molecular weight excluding hydrogens is 551 g/mol. The van der Waals surface area contributed by atoms with E-state index < -0.39 is 23.3 Å². The highest BCUT2D eigenvalue weighted by Crippen LogP contribution is 2.33. The number of esters is 1. The number of aromatic nitrogens is 2. The molecule has 4 aromatic rings. The molecule has 0 aliphatic rings. The smallest absolute Gasteiger partial charge is 0.416 e. The lowest BCUT2D eigenvalue weighted by Gasteiger charge is -2.28. The maximum absolute atomic E-state index is 13.1. The average Bonchev–Trinajstić information content (AvgIpc) is 3.55. The quantitative estimate of drug-likeness (QED) is 0.179. The summed E-state index contributed by atoms with van der Waals surface area (Å²) < 4.78 is 52.2. The number of carbonyl (C=O) groups is 1. The van der Waals surface area contributed by atoms with Gasteiger partial charge in [-0.15, -0.1) is 0 Å². The minimum atomic E-state index is -4.39. The van der Waals surface area contributed by atoms with Crippen LogP contribution in [0.15, 0.2) is 59.3 Å². The van der Waals surface area contributed by atoms with Crippen LogP contribution in [0.4, 0.5) is 19.0 Å². The molecule has 0 fully saturated rings. The van der Waals surface area contributed by atoms with Gasteiger partial charge in [0.25, 0.3) is 0 Å². The molecule has 2 heterocycles.